The topological polar surface area (TPSA) is 60.1 Å². The Morgan fingerprint density at radius 2 is 2.07 bits per heavy atom. The van der Waals surface area contributed by atoms with Gasteiger partial charge in [0.1, 0.15) is 5.69 Å². The van der Waals surface area contributed by atoms with E-state index < -0.39 is 5.91 Å². The quantitative estimate of drug-likeness (QED) is 0.517. The van der Waals surface area contributed by atoms with Crippen LogP contribution in [0.5, 0.6) is 0 Å². The Labute approximate surface area is 160 Å². The first-order valence-electron chi connectivity index (χ1n) is 8.56. The van der Waals surface area contributed by atoms with Crippen molar-refractivity contribution in [2.75, 3.05) is 0 Å². The highest BCUT2D eigenvalue weighted by Gasteiger charge is 2.11. The van der Waals surface area contributed by atoms with E-state index in [-0.39, 0.29) is 5.69 Å². The molecule has 0 bridgehead atoms. The maximum absolute atomic E-state index is 12.7. The van der Waals surface area contributed by atoms with Gasteiger partial charge in [0.2, 0.25) is 0 Å². The van der Waals surface area contributed by atoms with Crippen LogP contribution in [-0.4, -0.2) is 20.4 Å². The summed E-state index contributed by atoms with van der Waals surface area (Å²) in [4.78, 5) is 26.2. The maximum Gasteiger partial charge on any atom is 0.299 e. The van der Waals surface area contributed by atoms with Gasteiger partial charge in [-0.25, -0.2) is 4.98 Å². The van der Waals surface area contributed by atoms with Crippen molar-refractivity contribution in [3.63, 3.8) is 0 Å². The minimum Gasteiger partial charge on any atom is -0.305 e. The largest absolute Gasteiger partial charge is 0.305 e. The number of aryl methyl sites for hydroxylation is 1. The molecule has 4 rings (SSSR count). The van der Waals surface area contributed by atoms with Crippen molar-refractivity contribution in [3.05, 3.63) is 64.7 Å². The predicted molar refractivity (Wildman–Crippen MR) is 107 cm³/mol. The van der Waals surface area contributed by atoms with Gasteiger partial charge in [0.05, 0.1) is 34.0 Å². The van der Waals surface area contributed by atoms with Crippen LogP contribution in [0.4, 0.5) is 0 Å². The van der Waals surface area contributed by atoms with Crippen LogP contribution >= 0.6 is 11.3 Å². The van der Waals surface area contributed by atoms with Crippen LogP contribution in [0.25, 0.3) is 21.3 Å². The van der Waals surface area contributed by atoms with Gasteiger partial charge in [0.25, 0.3) is 5.91 Å². The van der Waals surface area contributed by atoms with Crippen molar-refractivity contribution >= 4 is 38.5 Å². The molecule has 0 atom stereocenters. The monoisotopic (exact) mass is 372 g/mol. The van der Waals surface area contributed by atoms with Gasteiger partial charge in [0.15, 0.2) is 4.80 Å². The molecule has 0 unspecified atom stereocenters. The Hall–Kier alpha value is -3.30. The number of thiazole rings is 1. The van der Waals surface area contributed by atoms with Crippen molar-refractivity contribution in [2.45, 2.75) is 19.9 Å². The van der Waals surface area contributed by atoms with E-state index in [9.17, 15) is 4.79 Å². The van der Waals surface area contributed by atoms with Gasteiger partial charge in [0, 0.05) is 0 Å². The molecular weight excluding hydrogens is 356 g/mol. The summed E-state index contributed by atoms with van der Waals surface area (Å²) in [6, 6.07) is 13.6. The number of para-hydroxylation sites is 2. The van der Waals surface area contributed by atoms with E-state index in [0.29, 0.717) is 16.9 Å². The summed E-state index contributed by atoms with van der Waals surface area (Å²) in [5.74, 6) is 2.21. The van der Waals surface area contributed by atoms with Crippen molar-refractivity contribution in [2.24, 2.45) is 4.99 Å². The summed E-state index contributed by atoms with van der Waals surface area (Å²) in [5, 5.41) is 0. The molecule has 0 aliphatic rings. The average Bonchev–Trinajstić information content (AvgIpc) is 3.04. The normalized spacial score (nSPS) is 11.8. The first-order chi connectivity index (χ1) is 13.2. The second-order valence-electron chi connectivity index (χ2n) is 5.99. The molecule has 27 heavy (non-hydrogen) atoms. The number of hydrogen-bond donors (Lipinski definition) is 0. The van der Waals surface area contributed by atoms with Crippen LogP contribution in [0.2, 0.25) is 0 Å². The zero-order valence-corrected chi connectivity index (χ0v) is 15.5. The van der Waals surface area contributed by atoms with Crippen LogP contribution in [0, 0.1) is 12.3 Å². The molecule has 0 radical (unpaired) electrons. The number of fused-ring (bicyclic) bond motifs is 2. The lowest BCUT2D eigenvalue weighted by Gasteiger charge is -2.01. The van der Waals surface area contributed by atoms with E-state index in [2.05, 4.69) is 39.9 Å². The fourth-order valence-electron chi connectivity index (χ4n) is 2.87. The summed E-state index contributed by atoms with van der Waals surface area (Å²) >= 11 is 1.45. The van der Waals surface area contributed by atoms with E-state index in [4.69, 9.17) is 6.42 Å². The van der Waals surface area contributed by atoms with Crippen molar-refractivity contribution in [1.82, 2.24) is 14.5 Å². The van der Waals surface area contributed by atoms with Crippen molar-refractivity contribution in [1.29, 1.82) is 0 Å². The van der Waals surface area contributed by atoms with E-state index in [1.807, 2.05) is 34.9 Å². The molecule has 4 aromatic rings. The van der Waals surface area contributed by atoms with Crippen LogP contribution in [0.15, 0.2) is 53.7 Å². The number of benzene rings is 2. The molecule has 0 spiro atoms. The van der Waals surface area contributed by atoms with Crippen molar-refractivity contribution in [3.8, 4) is 12.3 Å². The van der Waals surface area contributed by atoms with Crippen LogP contribution in [-0.2, 0) is 13.0 Å². The Morgan fingerprint density at radius 3 is 2.85 bits per heavy atom. The van der Waals surface area contributed by atoms with E-state index in [0.717, 1.165) is 22.2 Å². The maximum atomic E-state index is 12.7. The molecule has 5 nitrogen and oxygen atoms in total. The molecule has 132 valence electrons. The van der Waals surface area contributed by atoms with Gasteiger partial charge in [-0.2, -0.15) is 4.99 Å². The lowest BCUT2D eigenvalue weighted by Crippen LogP contribution is -2.17. The highest BCUT2D eigenvalue weighted by Crippen LogP contribution is 2.20. The third-order valence-electron chi connectivity index (χ3n) is 4.27. The van der Waals surface area contributed by atoms with Crippen LogP contribution < -0.4 is 4.80 Å². The summed E-state index contributed by atoms with van der Waals surface area (Å²) in [7, 11) is 0. The predicted octanol–water partition coefficient (Wildman–Crippen LogP) is 3.58. The van der Waals surface area contributed by atoms with Crippen molar-refractivity contribution < 1.29 is 4.79 Å². The fraction of sp³-hybridized carbons (Fsp3) is 0.143. The number of hydrogen-bond acceptors (Lipinski definition) is 4. The second-order valence-corrected chi connectivity index (χ2v) is 7.00. The molecule has 0 saturated heterocycles. The number of terminal acetylenes is 1. The van der Waals surface area contributed by atoms with Crippen LogP contribution in [0.1, 0.15) is 23.0 Å². The van der Waals surface area contributed by atoms with Gasteiger partial charge in [-0.3, -0.25) is 9.78 Å². The molecule has 6 heteroatoms. The highest BCUT2D eigenvalue weighted by atomic mass is 32.1. The molecule has 0 saturated carbocycles. The Morgan fingerprint density at radius 1 is 1.26 bits per heavy atom. The molecule has 1 amide bonds. The van der Waals surface area contributed by atoms with Crippen LogP contribution in [0.3, 0.4) is 0 Å². The average molecular weight is 372 g/mol. The molecule has 0 aliphatic carbocycles. The standard InChI is InChI=1S/C21H16N4OS/c1-3-11-25-18-10-9-14(4-2)12-19(18)27-21(25)24-20(26)17-13-22-15-7-5-6-8-16(15)23-17/h1,5-10,12-13H,4,11H2,2H3. The summed E-state index contributed by atoms with van der Waals surface area (Å²) < 4.78 is 2.94. The number of amides is 1. The molecule has 2 aromatic carbocycles. The molecule has 2 heterocycles. The molecule has 0 fully saturated rings. The smallest absolute Gasteiger partial charge is 0.299 e. The third kappa shape index (κ3) is 3.25. The first kappa shape index (κ1) is 17.1. The van der Waals surface area contributed by atoms with Gasteiger partial charge in [-0.15, -0.1) is 6.42 Å². The minimum atomic E-state index is -0.429. The number of carbonyl (C=O) groups is 1. The Balaban J connectivity index is 1.83. The van der Waals surface area contributed by atoms with E-state index in [1.165, 1.54) is 23.1 Å². The van der Waals surface area contributed by atoms with Gasteiger partial charge in [-0.05, 0) is 36.2 Å². The number of rotatable bonds is 3. The number of aromatic nitrogens is 3. The first-order valence-corrected chi connectivity index (χ1v) is 9.38. The van der Waals surface area contributed by atoms with E-state index >= 15 is 0 Å². The number of carbonyl (C=O) groups excluding carboxylic acids is 1. The lowest BCUT2D eigenvalue weighted by molar-refractivity contribution is 0.0993. The second kappa shape index (κ2) is 7.14. The number of nitrogens with zero attached hydrogens (tertiary/aromatic N) is 4. The molecule has 0 N–H and O–H groups in total. The minimum absolute atomic E-state index is 0.215. The molecule has 2 aromatic heterocycles. The Bertz CT molecular complexity index is 1280. The Kier molecular flexibility index (Phi) is 4.53. The highest BCUT2D eigenvalue weighted by molar-refractivity contribution is 7.16. The fourth-order valence-corrected chi connectivity index (χ4v) is 3.96. The lowest BCUT2D eigenvalue weighted by atomic mass is 10.2. The van der Waals surface area contributed by atoms with Gasteiger partial charge >= 0.3 is 0 Å². The molecular formula is C21H16N4OS. The summed E-state index contributed by atoms with van der Waals surface area (Å²) in [6.07, 6.45) is 7.93. The summed E-state index contributed by atoms with van der Waals surface area (Å²) in [5.41, 5.74) is 3.83. The zero-order valence-electron chi connectivity index (χ0n) is 14.7. The van der Waals surface area contributed by atoms with Gasteiger partial charge in [-0.1, -0.05) is 42.4 Å². The summed E-state index contributed by atoms with van der Waals surface area (Å²) in [6.45, 7) is 2.46. The SMILES string of the molecule is C#CCn1c(=NC(=O)c2cnc3ccccc3n2)sc2cc(CC)ccc21. The van der Waals surface area contributed by atoms with Gasteiger partial charge < -0.3 is 4.57 Å². The third-order valence-corrected chi connectivity index (χ3v) is 5.31. The van der Waals surface area contributed by atoms with E-state index in [1.54, 1.807) is 0 Å². The zero-order chi connectivity index (χ0) is 18.8. The molecule has 0 aliphatic heterocycles.